The van der Waals surface area contributed by atoms with Crippen molar-refractivity contribution in [2.24, 2.45) is 0 Å². The molecule has 0 unspecified atom stereocenters. The van der Waals surface area contributed by atoms with Crippen LogP contribution in [-0.2, 0) is 14.6 Å². The first-order chi connectivity index (χ1) is 7.92. The van der Waals surface area contributed by atoms with Crippen LogP contribution in [-0.4, -0.2) is 38.4 Å². The second-order valence-corrected chi connectivity index (χ2v) is 4.02. The molecule has 96 valence electrons. The summed E-state index contributed by atoms with van der Waals surface area (Å²) in [5.74, 6) is 0.575. The van der Waals surface area contributed by atoms with E-state index in [0.717, 1.165) is 0 Å². The van der Waals surface area contributed by atoms with Gasteiger partial charge >= 0.3 is 10.4 Å². The van der Waals surface area contributed by atoms with Crippen LogP contribution in [0.2, 0.25) is 0 Å². The van der Waals surface area contributed by atoms with Gasteiger partial charge in [0.2, 0.25) is 0 Å². The monoisotopic (exact) mass is 264 g/mol. The third-order valence-electron chi connectivity index (χ3n) is 1.74. The van der Waals surface area contributed by atoms with Gasteiger partial charge in [0, 0.05) is 6.07 Å². The number of benzene rings is 1. The number of phenolic OH excluding ortho intramolecular Hbond substituents is 1. The number of aromatic hydroxyl groups is 1. The molecule has 0 aromatic heterocycles. The Hall–Kier alpha value is -1.51. The molecule has 0 fully saturated rings. The first kappa shape index (κ1) is 13.6. The second-order valence-electron chi connectivity index (χ2n) is 2.93. The summed E-state index contributed by atoms with van der Waals surface area (Å²) in [6.07, 6.45) is 0. The van der Waals surface area contributed by atoms with E-state index in [9.17, 15) is 13.5 Å². The molecule has 0 spiro atoms. The van der Waals surface area contributed by atoms with Crippen LogP contribution in [0.25, 0.3) is 0 Å². The fourth-order valence-electron chi connectivity index (χ4n) is 1.05. The number of methoxy groups -OCH3 is 1. The van der Waals surface area contributed by atoms with Crippen LogP contribution < -0.4 is 9.47 Å². The Labute approximate surface area is 98.5 Å². The first-order valence-electron chi connectivity index (χ1n) is 4.54. The summed E-state index contributed by atoms with van der Waals surface area (Å²) < 4.78 is 42.7. The molecule has 17 heavy (non-hydrogen) atoms. The lowest BCUT2D eigenvalue weighted by Gasteiger charge is -2.08. The van der Waals surface area contributed by atoms with Gasteiger partial charge in [0.1, 0.15) is 19.0 Å². The van der Waals surface area contributed by atoms with E-state index in [1.807, 2.05) is 0 Å². The molecule has 0 amide bonds. The molecule has 8 heteroatoms. The number of hydrogen-bond acceptors (Lipinski definition) is 6. The standard InChI is InChI=1S/C9H12O7S/c1-14-9-6-7(2-3-8(9)10)15-4-5-16-17(11,12)13/h2-3,6,10H,4-5H2,1H3,(H,11,12,13). The molecule has 0 saturated heterocycles. The average molecular weight is 264 g/mol. The predicted octanol–water partition coefficient (Wildman–Crippen LogP) is 0.599. The minimum atomic E-state index is -4.44. The van der Waals surface area contributed by atoms with Crippen LogP contribution in [0.1, 0.15) is 0 Å². The molecule has 1 aromatic carbocycles. The highest BCUT2D eigenvalue weighted by Crippen LogP contribution is 2.29. The molecule has 0 heterocycles. The van der Waals surface area contributed by atoms with E-state index in [1.54, 1.807) is 0 Å². The van der Waals surface area contributed by atoms with Gasteiger partial charge in [-0.05, 0) is 12.1 Å². The molecule has 1 rings (SSSR count). The molecule has 2 N–H and O–H groups in total. The lowest BCUT2D eigenvalue weighted by atomic mass is 10.3. The van der Waals surface area contributed by atoms with Gasteiger partial charge in [-0.25, -0.2) is 4.18 Å². The van der Waals surface area contributed by atoms with Gasteiger partial charge in [-0.15, -0.1) is 0 Å². The number of phenols is 1. The molecule has 0 radical (unpaired) electrons. The highest BCUT2D eigenvalue weighted by Gasteiger charge is 2.05. The molecule has 1 aromatic rings. The van der Waals surface area contributed by atoms with Crippen LogP contribution in [0.4, 0.5) is 0 Å². The van der Waals surface area contributed by atoms with Gasteiger partial charge in [0.25, 0.3) is 0 Å². The predicted molar refractivity (Wildman–Crippen MR) is 57.7 cm³/mol. The molecule has 0 bridgehead atoms. The highest BCUT2D eigenvalue weighted by atomic mass is 32.3. The van der Waals surface area contributed by atoms with Gasteiger partial charge in [-0.1, -0.05) is 0 Å². The van der Waals surface area contributed by atoms with E-state index in [-0.39, 0.29) is 24.7 Å². The van der Waals surface area contributed by atoms with Crippen molar-refractivity contribution in [2.75, 3.05) is 20.3 Å². The Morgan fingerprint density at radius 3 is 2.59 bits per heavy atom. The third-order valence-corrected chi connectivity index (χ3v) is 2.20. The van der Waals surface area contributed by atoms with E-state index >= 15 is 0 Å². The number of hydrogen-bond donors (Lipinski definition) is 2. The SMILES string of the molecule is COc1cc(OCCOS(=O)(=O)O)ccc1O. The lowest BCUT2D eigenvalue weighted by molar-refractivity contribution is 0.201. The Morgan fingerprint density at radius 2 is 2.00 bits per heavy atom. The van der Waals surface area contributed by atoms with Crippen LogP contribution in [0.5, 0.6) is 17.2 Å². The molecule has 0 saturated carbocycles. The maximum absolute atomic E-state index is 10.2. The largest absolute Gasteiger partial charge is 0.504 e. The lowest BCUT2D eigenvalue weighted by Crippen LogP contribution is -2.11. The van der Waals surface area contributed by atoms with Crippen LogP contribution in [0.3, 0.4) is 0 Å². The van der Waals surface area contributed by atoms with E-state index in [1.165, 1.54) is 25.3 Å². The van der Waals surface area contributed by atoms with Crippen molar-refractivity contribution in [2.45, 2.75) is 0 Å². The summed E-state index contributed by atoms with van der Waals surface area (Å²) in [4.78, 5) is 0. The molecule has 0 aliphatic carbocycles. The van der Waals surface area contributed by atoms with E-state index in [2.05, 4.69) is 4.18 Å². The Bertz CT molecular complexity index is 468. The second kappa shape index (κ2) is 5.71. The molecular weight excluding hydrogens is 252 g/mol. The maximum Gasteiger partial charge on any atom is 0.397 e. The molecule has 0 aliphatic rings. The highest BCUT2D eigenvalue weighted by molar-refractivity contribution is 7.80. The summed E-state index contributed by atoms with van der Waals surface area (Å²) in [5, 5.41) is 9.30. The fraction of sp³-hybridized carbons (Fsp3) is 0.333. The summed E-state index contributed by atoms with van der Waals surface area (Å²) >= 11 is 0. The van der Waals surface area contributed by atoms with Gasteiger partial charge in [0.05, 0.1) is 7.11 Å². The Morgan fingerprint density at radius 1 is 1.29 bits per heavy atom. The first-order valence-corrected chi connectivity index (χ1v) is 5.90. The van der Waals surface area contributed by atoms with Crippen molar-refractivity contribution in [3.05, 3.63) is 18.2 Å². The molecule has 0 aliphatic heterocycles. The molecule has 7 nitrogen and oxygen atoms in total. The quantitative estimate of drug-likeness (QED) is 0.572. The van der Waals surface area contributed by atoms with Crippen molar-refractivity contribution < 1.29 is 31.7 Å². The molecule has 0 atom stereocenters. The third kappa shape index (κ3) is 4.89. The van der Waals surface area contributed by atoms with E-state index < -0.39 is 10.4 Å². The zero-order chi connectivity index (χ0) is 12.9. The topological polar surface area (TPSA) is 102 Å². The number of rotatable bonds is 6. The smallest absolute Gasteiger partial charge is 0.397 e. The van der Waals surface area contributed by atoms with Crippen molar-refractivity contribution in [1.82, 2.24) is 0 Å². The van der Waals surface area contributed by atoms with Crippen molar-refractivity contribution in [3.8, 4) is 17.2 Å². The van der Waals surface area contributed by atoms with Crippen molar-refractivity contribution in [1.29, 1.82) is 0 Å². The fourth-order valence-corrected chi connectivity index (χ4v) is 1.33. The van der Waals surface area contributed by atoms with Crippen molar-refractivity contribution >= 4 is 10.4 Å². The average Bonchev–Trinajstić information content (AvgIpc) is 2.25. The number of ether oxygens (including phenoxy) is 2. The molecular formula is C9H12O7S. The summed E-state index contributed by atoms with van der Waals surface area (Å²) in [7, 11) is -3.05. The van der Waals surface area contributed by atoms with Gasteiger partial charge in [0.15, 0.2) is 11.5 Å². The zero-order valence-electron chi connectivity index (χ0n) is 8.99. The minimum Gasteiger partial charge on any atom is -0.504 e. The van der Waals surface area contributed by atoms with Crippen LogP contribution >= 0.6 is 0 Å². The van der Waals surface area contributed by atoms with Gasteiger partial charge < -0.3 is 14.6 Å². The van der Waals surface area contributed by atoms with Crippen LogP contribution in [0.15, 0.2) is 18.2 Å². The zero-order valence-corrected chi connectivity index (χ0v) is 9.81. The Kier molecular flexibility index (Phi) is 4.55. The van der Waals surface area contributed by atoms with E-state index in [0.29, 0.717) is 5.75 Å². The maximum atomic E-state index is 10.2. The van der Waals surface area contributed by atoms with E-state index in [4.69, 9.17) is 14.0 Å². The summed E-state index contributed by atoms with van der Waals surface area (Å²) in [5.41, 5.74) is 0. The summed E-state index contributed by atoms with van der Waals surface area (Å²) in [6, 6.07) is 4.28. The van der Waals surface area contributed by atoms with Crippen LogP contribution in [0, 0.1) is 0 Å². The minimum absolute atomic E-state index is 0.0333. The normalized spacial score (nSPS) is 11.2. The summed E-state index contributed by atoms with van der Waals surface area (Å²) in [6.45, 7) is -0.393. The van der Waals surface area contributed by atoms with Gasteiger partial charge in [-0.2, -0.15) is 8.42 Å². The van der Waals surface area contributed by atoms with Gasteiger partial charge in [-0.3, -0.25) is 4.55 Å². The van der Waals surface area contributed by atoms with Crippen molar-refractivity contribution in [3.63, 3.8) is 0 Å². The Balaban J connectivity index is 2.47.